The number of hydrogen-bond acceptors (Lipinski definition) is 0. The zero-order valence-corrected chi connectivity index (χ0v) is 12.7. The third kappa shape index (κ3) is 15.5. The summed E-state index contributed by atoms with van der Waals surface area (Å²) >= 11 is 0. The highest BCUT2D eigenvalue weighted by Gasteiger charge is 1.87. The van der Waals surface area contributed by atoms with Crippen LogP contribution in [0, 0.1) is 6.42 Å². The minimum atomic E-state index is 1.13. The van der Waals surface area contributed by atoms with Crippen molar-refractivity contribution in [3.05, 3.63) is 30.7 Å². The summed E-state index contributed by atoms with van der Waals surface area (Å²) in [4.78, 5) is 0. The van der Waals surface area contributed by atoms with Crippen molar-refractivity contribution < 1.29 is 0 Å². The van der Waals surface area contributed by atoms with E-state index in [0.29, 0.717) is 0 Å². The molecule has 0 aromatic carbocycles. The van der Waals surface area contributed by atoms with Gasteiger partial charge in [0.15, 0.2) is 0 Å². The lowest BCUT2D eigenvalue weighted by molar-refractivity contribution is 0.658. The summed E-state index contributed by atoms with van der Waals surface area (Å²) in [5, 5.41) is 0. The lowest BCUT2D eigenvalue weighted by Gasteiger charge is -1.96. The highest BCUT2D eigenvalue weighted by atomic mass is 13.9. The third-order valence-corrected chi connectivity index (χ3v) is 3.17. The Morgan fingerprint density at radius 3 is 1.89 bits per heavy atom. The molecule has 0 N–H and O–H groups in total. The van der Waals surface area contributed by atoms with E-state index in [1.807, 2.05) is 0 Å². The molecule has 0 aromatic rings. The van der Waals surface area contributed by atoms with Crippen LogP contribution < -0.4 is 0 Å². The molecule has 0 heterocycles. The van der Waals surface area contributed by atoms with Crippen LogP contribution in [0.5, 0.6) is 0 Å². The van der Waals surface area contributed by atoms with Crippen molar-refractivity contribution in [1.82, 2.24) is 0 Å². The van der Waals surface area contributed by atoms with Gasteiger partial charge >= 0.3 is 0 Å². The van der Waals surface area contributed by atoms with Crippen molar-refractivity contribution in [3.8, 4) is 0 Å². The Balaban J connectivity index is 3.14. The van der Waals surface area contributed by atoms with Crippen LogP contribution >= 0.6 is 0 Å². The molecule has 0 saturated carbocycles. The fraction of sp³-hybridized carbons (Fsp3) is 0.722. The molecule has 0 heteroatoms. The summed E-state index contributed by atoms with van der Waals surface area (Å²) < 4.78 is 0. The van der Waals surface area contributed by atoms with Gasteiger partial charge in [0.2, 0.25) is 0 Å². The molecule has 0 unspecified atom stereocenters. The highest BCUT2D eigenvalue weighted by Crippen LogP contribution is 2.06. The standard InChI is InChI=1S/C18H33/c1-3-5-7-9-11-13-15-17-18-16-14-12-10-8-6-4-2/h13-15,17-18H,3-12,16H2,1-2H3. The molecule has 0 bridgehead atoms. The molecular weight excluding hydrogens is 216 g/mol. The van der Waals surface area contributed by atoms with Gasteiger partial charge in [-0.1, -0.05) is 83.1 Å². The molecule has 0 amide bonds. The Labute approximate surface area is 116 Å². The van der Waals surface area contributed by atoms with Gasteiger partial charge in [0, 0.05) is 0 Å². The fourth-order valence-electron chi connectivity index (χ4n) is 1.95. The molecule has 105 valence electrons. The van der Waals surface area contributed by atoms with Crippen LogP contribution in [0.15, 0.2) is 24.3 Å². The zero-order chi connectivity index (χ0) is 13.3. The van der Waals surface area contributed by atoms with Crippen LogP contribution in [0.3, 0.4) is 0 Å². The first kappa shape index (κ1) is 17.5. The maximum absolute atomic E-state index is 2.40. The van der Waals surface area contributed by atoms with Crippen LogP contribution in [0.4, 0.5) is 0 Å². The van der Waals surface area contributed by atoms with Gasteiger partial charge in [-0.25, -0.2) is 0 Å². The van der Waals surface area contributed by atoms with E-state index in [1.165, 1.54) is 64.2 Å². The maximum Gasteiger partial charge on any atom is -0.0316 e. The number of allylic oxidation sites excluding steroid dienone is 4. The van der Waals surface area contributed by atoms with E-state index in [1.54, 1.807) is 0 Å². The predicted octanol–water partition coefficient (Wildman–Crippen LogP) is 6.63. The summed E-state index contributed by atoms with van der Waals surface area (Å²) in [5.41, 5.74) is 0. The van der Waals surface area contributed by atoms with E-state index >= 15 is 0 Å². The molecule has 0 saturated heterocycles. The Kier molecular flexibility index (Phi) is 16.0. The topological polar surface area (TPSA) is 0 Å². The average molecular weight is 249 g/mol. The molecule has 0 aliphatic carbocycles. The van der Waals surface area contributed by atoms with Crippen LogP contribution in [0.1, 0.15) is 84.5 Å². The Morgan fingerprint density at radius 1 is 0.611 bits per heavy atom. The quantitative estimate of drug-likeness (QED) is 0.254. The molecule has 0 aliphatic heterocycles. The molecule has 0 rings (SSSR count). The van der Waals surface area contributed by atoms with Gasteiger partial charge in [0.1, 0.15) is 0 Å². The van der Waals surface area contributed by atoms with E-state index in [-0.39, 0.29) is 0 Å². The summed E-state index contributed by atoms with van der Waals surface area (Å²) in [6, 6.07) is 0. The lowest BCUT2D eigenvalue weighted by atomic mass is 10.1. The van der Waals surface area contributed by atoms with E-state index in [4.69, 9.17) is 0 Å². The van der Waals surface area contributed by atoms with Gasteiger partial charge in [-0.2, -0.15) is 0 Å². The van der Waals surface area contributed by atoms with Gasteiger partial charge in [0.05, 0.1) is 0 Å². The maximum atomic E-state index is 2.40. The predicted molar refractivity (Wildman–Crippen MR) is 84.7 cm³/mol. The molecule has 18 heavy (non-hydrogen) atoms. The third-order valence-electron chi connectivity index (χ3n) is 3.17. The second-order valence-corrected chi connectivity index (χ2v) is 5.08. The van der Waals surface area contributed by atoms with E-state index in [2.05, 4.69) is 44.6 Å². The van der Waals surface area contributed by atoms with Gasteiger partial charge in [-0.15, -0.1) is 0 Å². The van der Waals surface area contributed by atoms with Crippen molar-refractivity contribution in [3.63, 3.8) is 0 Å². The smallest absolute Gasteiger partial charge is 0.0316 e. The number of hydrogen-bond donors (Lipinski definition) is 0. The normalized spacial score (nSPS) is 11.9. The molecule has 1 radical (unpaired) electrons. The van der Waals surface area contributed by atoms with Crippen molar-refractivity contribution in [2.24, 2.45) is 0 Å². The molecule has 0 atom stereocenters. The van der Waals surface area contributed by atoms with E-state index in [0.717, 1.165) is 6.42 Å². The second kappa shape index (κ2) is 16.5. The van der Waals surface area contributed by atoms with Gasteiger partial charge in [0.25, 0.3) is 0 Å². The highest BCUT2D eigenvalue weighted by molar-refractivity contribution is 5.03. The van der Waals surface area contributed by atoms with Crippen LogP contribution in [-0.2, 0) is 0 Å². The first-order valence-corrected chi connectivity index (χ1v) is 8.05. The van der Waals surface area contributed by atoms with Crippen LogP contribution in [0.2, 0.25) is 0 Å². The summed E-state index contributed by atoms with van der Waals surface area (Å²) in [6.07, 6.45) is 26.0. The molecule has 0 fully saturated rings. The van der Waals surface area contributed by atoms with E-state index in [9.17, 15) is 0 Å². The van der Waals surface area contributed by atoms with Crippen molar-refractivity contribution in [1.29, 1.82) is 0 Å². The molecular formula is C18H33. The first-order valence-electron chi connectivity index (χ1n) is 8.05. The SMILES string of the molecule is CCCCCC[CH]CC=CC=CCCCCCC. The Bertz CT molecular complexity index is 188. The van der Waals surface area contributed by atoms with Crippen LogP contribution in [0.25, 0.3) is 0 Å². The summed E-state index contributed by atoms with van der Waals surface area (Å²) in [7, 11) is 0. The number of unbranched alkanes of at least 4 members (excludes halogenated alkanes) is 10. The lowest BCUT2D eigenvalue weighted by Crippen LogP contribution is -1.78. The fourth-order valence-corrected chi connectivity index (χ4v) is 1.95. The van der Waals surface area contributed by atoms with Gasteiger partial charge < -0.3 is 0 Å². The molecule has 0 spiro atoms. The van der Waals surface area contributed by atoms with Gasteiger partial charge in [-0.05, 0) is 32.1 Å². The monoisotopic (exact) mass is 249 g/mol. The van der Waals surface area contributed by atoms with Crippen molar-refractivity contribution >= 4 is 0 Å². The summed E-state index contributed by atoms with van der Waals surface area (Å²) in [5.74, 6) is 0. The molecule has 0 aromatic heterocycles. The molecule has 0 aliphatic rings. The largest absolute Gasteiger partial charge is 0.0845 e. The first-order chi connectivity index (χ1) is 8.91. The average Bonchev–Trinajstić information content (AvgIpc) is 2.39. The minimum Gasteiger partial charge on any atom is -0.0845 e. The number of rotatable bonds is 13. The summed E-state index contributed by atoms with van der Waals surface area (Å²) in [6.45, 7) is 4.53. The Morgan fingerprint density at radius 2 is 1.22 bits per heavy atom. The van der Waals surface area contributed by atoms with E-state index < -0.39 is 0 Å². The zero-order valence-electron chi connectivity index (χ0n) is 12.7. The van der Waals surface area contributed by atoms with Crippen LogP contribution in [-0.4, -0.2) is 0 Å². The minimum absolute atomic E-state index is 1.13. The van der Waals surface area contributed by atoms with Crippen molar-refractivity contribution in [2.75, 3.05) is 0 Å². The van der Waals surface area contributed by atoms with Crippen molar-refractivity contribution in [2.45, 2.75) is 84.5 Å². The van der Waals surface area contributed by atoms with Gasteiger partial charge in [-0.3, -0.25) is 0 Å². The Hall–Kier alpha value is -0.520. The molecule has 0 nitrogen and oxygen atoms in total. The second-order valence-electron chi connectivity index (χ2n) is 5.08.